The van der Waals surface area contributed by atoms with Crippen molar-refractivity contribution in [2.45, 2.75) is 46.1 Å². The molecule has 1 aliphatic heterocycles. The number of nitrogens with two attached hydrogens (primary N) is 1. The summed E-state index contributed by atoms with van der Waals surface area (Å²) in [5.41, 5.74) is 6.01. The highest BCUT2D eigenvalue weighted by Crippen LogP contribution is 2.17. The second-order valence-corrected chi connectivity index (χ2v) is 6.07. The molecule has 1 saturated heterocycles. The van der Waals surface area contributed by atoms with E-state index < -0.39 is 0 Å². The number of rotatable bonds is 4. The van der Waals surface area contributed by atoms with Gasteiger partial charge in [-0.25, -0.2) is 4.79 Å². The standard InChI is InChI=1S/C14H29N3O/c1-11(2)13(15)7-8-16(4)14(18)17-9-5-12(3)6-10-17/h11-13H,5-10,15H2,1-4H3. The smallest absolute Gasteiger partial charge is 0.319 e. The fraction of sp³-hybridized carbons (Fsp3) is 0.929. The van der Waals surface area contributed by atoms with Crippen LogP contribution < -0.4 is 5.73 Å². The van der Waals surface area contributed by atoms with Crippen LogP contribution in [-0.4, -0.2) is 48.6 Å². The first kappa shape index (κ1) is 15.3. The monoisotopic (exact) mass is 255 g/mol. The zero-order valence-electron chi connectivity index (χ0n) is 12.4. The Morgan fingerprint density at radius 3 is 2.44 bits per heavy atom. The molecule has 0 aromatic carbocycles. The van der Waals surface area contributed by atoms with Crippen LogP contribution in [0.4, 0.5) is 4.79 Å². The van der Waals surface area contributed by atoms with Crippen molar-refractivity contribution in [3.63, 3.8) is 0 Å². The maximum atomic E-state index is 12.2. The van der Waals surface area contributed by atoms with Gasteiger partial charge in [0.2, 0.25) is 0 Å². The minimum atomic E-state index is 0.165. The number of nitrogens with zero attached hydrogens (tertiary/aromatic N) is 2. The van der Waals surface area contributed by atoms with Crippen LogP contribution in [0.5, 0.6) is 0 Å². The summed E-state index contributed by atoms with van der Waals surface area (Å²) in [7, 11) is 1.88. The number of carbonyl (C=O) groups is 1. The molecule has 0 aromatic heterocycles. The highest BCUT2D eigenvalue weighted by Gasteiger charge is 2.23. The van der Waals surface area contributed by atoms with Crippen molar-refractivity contribution in [3.8, 4) is 0 Å². The van der Waals surface area contributed by atoms with Crippen LogP contribution in [-0.2, 0) is 0 Å². The average molecular weight is 255 g/mol. The third-order valence-electron chi connectivity index (χ3n) is 4.03. The lowest BCUT2D eigenvalue weighted by atomic mass is 9.99. The van der Waals surface area contributed by atoms with Crippen molar-refractivity contribution >= 4 is 6.03 Å². The Morgan fingerprint density at radius 1 is 1.39 bits per heavy atom. The van der Waals surface area contributed by atoms with E-state index in [-0.39, 0.29) is 12.1 Å². The third-order valence-corrected chi connectivity index (χ3v) is 4.03. The summed E-state index contributed by atoms with van der Waals surface area (Å²) in [5.74, 6) is 1.23. The van der Waals surface area contributed by atoms with Crippen molar-refractivity contribution < 1.29 is 4.79 Å². The van der Waals surface area contributed by atoms with Gasteiger partial charge in [-0.3, -0.25) is 0 Å². The van der Waals surface area contributed by atoms with Crippen LogP contribution >= 0.6 is 0 Å². The van der Waals surface area contributed by atoms with E-state index in [4.69, 9.17) is 5.73 Å². The van der Waals surface area contributed by atoms with Crippen LogP contribution in [0.3, 0.4) is 0 Å². The summed E-state index contributed by atoms with van der Waals surface area (Å²) in [6.45, 7) is 9.07. The zero-order chi connectivity index (χ0) is 13.7. The minimum absolute atomic E-state index is 0.165. The maximum Gasteiger partial charge on any atom is 0.319 e. The van der Waals surface area contributed by atoms with Gasteiger partial charge in [0.1, 0.15) is 0 Å². The maximum absolute atomic E-state index is 12.2. The van der Waals surface area contributed by atoms with Gasteiger partial charge in [0.25, 0.3) is 0 Å². The normalized spacial score (nSPS) is 19.1. The molecule has 0 saturated carbocycles. The third kappa shape index (κ3) is 4.48. The van der Waals surface area contributed by atoms with Crippen molar-refractivity contribution in [1.29, 1.82) is 0 Å². The van der Waals surface area contributed by atoms with Gasteiger partial charge in [-0.05, 0) is 31.1 Å². The molecule has 4 heteroatoms. The summed E-state index contributed by atoms with van der Waals surface area (Å²) >= 11 is 0. The van der Waals surface area contributed by atoms with E-state index in [0.29, 0.717) is 5.92 Å². The Bertz CT molecular complexity index is 260. The first-order valence-electron chi connectivity index (χ1n) is 7.17. The molecule has 2 N–H and O–H groups in total. The first-order chi connectivity index (χ1) is 8.41. The second-order valence-electron chi connectivity index (χ2n) is 6.07. The van der Waals surface area contributed by atoms with Crippen molar-refractivity contribution in [2.75, 3.05) is 26.7 Å². The molecule has 0 spiro atoms. The number of likely N-dealkylation sites (tertiary alicyclic amines) is 1. The SMILES string of the molecule is CC1CCN(C(=O)N(C)CCC(N)C(C)C)CC1. The van der Waals surface area contributed by atoms with Crippen LogP contribution in [0.2, 0.25) is 0 Å². The molecule has 106 valence electrons. The lowest BCUT2D eigenvalue weighted by molar-refractivity contribution is 0.141. The molecule has 4 nitrogen and oxygen atoms in total. The molecule has 0 bridgehead atoms. The number of piperidine rings is 1. The summed E-state index contributed by atoms with van der Waals surface area (Å²) in [6.07, 6.45) is 3.14. The van der Waals surface area contributed by atoms with Crippen molar-refractivity contribution in [2.24, 2.45) is 17.6 Å². The number of urea groups is 1. The van der Waals surface area contributed by atoms with Gasteiger partial charge in [-0.1, -0.05) is 20.8 Å². The van der Waals surface area contributed by atoms with Gasteiger partial charge < -0.3 is 15.5 Å². The highest BCUT2D eigenvalue weighted by atomic mass is 16.2. The molecule has 2 amide bonds. The topological polar surface area (TPSA) is 49.6 Å². The number of hydrogen-bond acceptors (Lipinski definition) is 2. The molecular formula is C14H29N3O. The van der Waals surface area contributed by atoms with Crippen molar-refractivity contribution in [1.82, 2.24) is 9.80 Å². The molecule has 1 atom stereocenters. The number of amides is 2. The summed E-state index contributed by atoms with van der Waals surface area (Å²) in [4.78, 5) is 16.0. The highest BCUT2D eigenvalue weighted by molar-refractivity contribution is 5.74. The lowest BCUT2D eigenvalue weighted by Crippen LogP contribution is -2.46. The Balaban J connectivity index is 2.32. The van der Waals surface area contributed by atoms with E-state index in [1.165, 1.54) is 0 Å². The van der Waals surface area contributed by atoms with Gasteiger partial charge in [0.05, 0.1) is 0 Å². The van der Waals surface area contributed by atoms with E-state index in [1.807, 2.05) is 16.8 Å². The average Bonchev–Trinajstić information content (AvgIpc) is 2.35. The quantitative estimate of drug-likeness (QED) is 0.836. The Labute approximate surface area is 111 Å². The predicted octanol–water partition coefficient (Wildman–Crippen LogP) is 2.14. The fourth-order valence-electron chi connectivity index (χ4n) is 2.21. The van der Waals surface area contributed by atoms with E-state index in [9.17, 15) is 4.79 Å². The first-order valence-corrected chi connectivity index (χ1v) is 7.17. The fourth-order valence-corrected chi connectivity index (χ4v) is 2.21. The molecule has 1 heterocycles. The zero-order valence-corrected chi connectivity index (χ0v) is 12.4. The Kier molecular flexibility index (Phi) is 5.93. The number of hydrogen-bond donors (Lipinski definition) is 1. The van der Waals surface area contributed by atoms with E-state index in [2.05, 4.69) is 20.8 Å². The minimum Gasteiger partial charge on any atom is -0.328 e. The van der Waals surface area contributed by atoms with Crippen LogP contribution in [0.15, 0.2) is 0 Å². The van der Waals surface area contributed by atoms with Gasteiger partial charge in [0.15, 0.2) is 0 Å². The molecule has 1 unspecified atom stereocenters. The molecule has 0 radical (unpaired) electrons. The van der Waals surface area contributed by atoms with Gasteiger partial charge in [-0.15, -0.1) is 0 Å². The lowest BCUT2D eigenvalue weighted by Gasteiger charge is -2.33. The van der Waals surface area contributed by atoms with E-state index >= 15 is 0 Å². The summed E-state index contributed by atoms with van der Waals surface area (Å²) in [6, 6.07) is 0.347. The van der Waals surface area contributed by atoms with Crippen LogP contribution in [0.1, 0.15) is 40.0 Å². The summed E-state index contributed by atoms with van der Waals surface area (Å²) in [5, 5.41) is 0. The van der Waals surface area contributed by atoms with Gasteiger partial charge in [0, 0.05) is 32.7 Å². The summed E-state index contributed by atoms with van der Waals surface area (Å²) < 4.78 is 0. The van der Waals surface area contributed by atoms with Crippen LogP contribution in [0.25, 0.3) is 0 Å². The molecular weight excluding hydrogens is 226 g/mol. The largest absolute Gasteiger partial charge is 0.328 e. The predicted molar refractivity (Wildman–Crippen MR) is 75.4 cm³/mol. The van der Waals surface area contributed by atoms with E-state index in [1.54, 1.807) is 0 Å². The number of carbonyl (C=O) groups excluding carboxylic acids is 1. The molecule has 0 aliphatic carbocycles. The second kappa shape index (κ2) is 6.98. The molecule has 18 heavy (non-hydrogen) atoms. The van der Waals surface area contributed by atoms with E-state index in [0.717, 1.165) is 44.8 Å². The Hall–Kier alpha value is -0.770. The van der Waals surface area contributed by atoms with Gasteiger partial charge >= 0.3 is 6.03 Å². The molecule has 1 aliphatic rings. The Morgan fingerprint density at radius 2 is 1.94 bits per heavy atom. The van der Waals surface area contributed by atoms with Crippen LogP contribution in [0, 0.1) is 11.8 Å². The molecule has 0 aromatic rings. The molecule has 1 rings (SSSR count). The molecule has 1 fully saturated rings. The van der Waals surface area contributed by atoms with Gasteiger partial charge in [-0.2, -0.15) is 0 Å². The van der Waals surface area contributed by atoms with Crippen molar-refractivity contribution in [3.05, 3.63) is 0 Å².